The van der Waals surface area contributed by atoms with Gasteiger partial charge in [0.1, 0.15) is 0 Å². The molecule has 0 fully saturated rings. The maximum atomic E-state index is 12.1. The molecule has 0 bridgehead atoms. The van der Waals surface area contributed by atoms with Gasteiger partial charge >= 0.3 is 0 Å². The largest absolute Gasteiger partial charge is 0.398 e. The van der Waals surface area contributed by atoms with E-state index in [2.05, 4.69) is 30.4 Å². The number of hydrogen-bond donors (Lipinski definition) is 2. The molecule has 5 heteroatoms. The zero-order chi connectivity index (χ0) is 14.5. The molecule has 4 nitrogen and oxygen atoms in total. The first kappa shape index (κ1) is 15.8. The van der Waals surface area contributed by atoms with Gasteiger partial charge in [-0.3, -0.25) is 9.78 Å². The van der Waals surface area contributed by atoms with E-state index in [-0.39, 0.29) is 10.7 Å². The first-order chi connectivity index (χ1) is 8.98. The van der Waals surface area contributed by atoms with E-state index in [1.807, 2.05) is 6.92 Å². The number of rotatable bonds is 6. The maximum Gasteiger partial charge on any atom is 0.254 e. The number of carbonyl (C=O) groups is 1. The third-order valence-corrected chi connectivity index (χ3v) is 5.20. The average molecular weight is 281 g/mol. The van der Waals surface area contributed by atoms with Crippen LogP contribution in [0.1, 0.15) is 42.7 Å². The lowest BCUT2D eigenvalue weighted by Gasteiger charge is -2.29. The molecular weight excluding hydrogens is 258 g/mol. The van der Waals surface area contributed by atoms with Crippen LogP contribution in [0.15, 0.2) is 12.3 Å². The number of aryl methyl sites for hydroxylation is 1. The van der Waals surface area contributed by atoms with Crippen LogP contribution in [0, 0.1) is 6.92 Å². The Bertz CT molecular complexity index is 436. The van der Waals surface area contributed by atoms with Crippen LogP contribution in [0.2, 0.25) is 0 Å². The number of pyridine rings is 1. The zero-order valence-corrected chi connectivity index (χ0v) is 12.9. The van der Waals surface area contributed by atoms with Crippen molar-refractivity contribution in [3.63, 3.8) is 0 Å². The van der Waals surface area contributed by atoms with Crippen molar-refractivity contribution in [1.82, 2.24) is 10.3 Å². The second-order valence-corrected chi connectivity index (χ2v) is 5.96. The quantitative estimate of drug-likeness (QED) is 0.841. The monoisotopic (exact) mass is 281 g/mol. The highest BCUT2D eigenvalue weighted by atomic mass is 32.2. The minimum Gasteiger partial charge on any atom is -0.398 e. The van der Waals surface area contributed by atoms with Crippen LogP contribution in [0.4, 0.5) is 5.69 Å². The lowest BCUT2D eigenvalue weighted by molar-refractivity contribution is 0.0949. The third kappa shape index (κ3) is 3.86. The minimum absolute atomic E-state index is 0.0997. The number of carbonyl (C=O) groups excluding carboxylic acids is 1. The van der Waals surface area contributed by atoms with Crippen molar-refractivity contribution in [2.75, 3.05) is 18.5 Å². The van der Waals surface area contributed by atoms with E-state index in [0.29, 0.717) is 17.8 Å². The first-order valence-electron chi connectivity index (χ1n) is 6.53. The Labute approximate surface area is 119 Å². The number of amides is 1. The highest BCUT2D eigenvalue weighted by molar-refractivity contribution is 8.00. The molecule has 0 spiro atoms. The highest BCUT2D eigenvalue weighted by Crippen LogP contribution is 2.29. The van der Waals surface area contributed by atoms with Gasteiger partial charge in [0, 0.05) is 28.9 Å². The second-order valence-electron chi connectivity index (χ2n) is 4.69. The van der Waals surface area contributed by atoms with Crippen molar-refractivity contribution in [2.24, 2.45) is 0 Å². The molecule has 0 radical (unpaired) electrons. The van der Waals surface area contributed by atoms with Gasteiger partial charge in [-0.2, -0.15) is 11.8 Å². The smallest absolute Gasteiger partial charge is 0.254 e. The molecule has 0 aromatic carbocycles. The van der Waals surface area contributed by atoms with Gasteiger partial charge in [-0.05, 0) is 32.1 Å². The van der Waals surface area contributed by atoms with Gasteiger partial charge in [0.2, 0.25) is 0 Å². The summed E-state index contributed by atoms with van der Waals surface area (Å²) >= 11 is 1.80. The molecule has 19 heavy (non-hydrogen) atoms. The van der Waals surface area contributed by atoms with Crippen molar-refractivity contribution in [1.29, 1.82) is 0 Å². The Kier molecular flexibility index (Phi) is 5.66. The Balaban J connectivity index is 2.75. The van der Waals surface area contributed by atoms with Crippen molar-refractivity contribution >= 4 is 23.4 Å². The Morgan fingerprint density at radius 3 is 2.58 bits per heavy atom. The van der Waals surface area contributed by atoms with Crippen LogP contribution in [-0.4, -0.2) is 28.4 Å². The van der Waals surface area contributed by atoms with Gasteiger partial charge in [0.25, 0.3) is 5.91 Å². The number of nitrogen functional groups attached to an aromatic ring is 1. The summed E-state index contributed by atoms with van der Waals surface area (Å²) in [6.45, 7) is 6.79. The molecule has 1 aromatic rings. The normalized spacial score (nSPS) is 11.4. The molecule has 3 N–H and O–H groups in total. The standard InChI is InChI=1S/C14H23N3OS/c1-5-14(6-2,19-4)9-17-13(18)11-8-16-10(3)7-12(11)15/h7-8H,5-6,9H2,1-4H3,(H2,15,16)(H,17,18). The molecule has 1 heterocycles. The highest BCUT2D eigenvalue weighted by Gasteiger charge is 2.25. The topological polar surface area (TPSA) is 68.0 Å². The second kappa shape index (κ2) is 6.80. The summed E-state index contributed by atoms with van der Waals surface area (Å²) < 4.78 is 0.0997. The van der Waals surface area contributed by atoms with E-state index in [1.54, 1.807) is 24.0 Å². The molecule has 106 valence electrons. The van der Waals surface area contributed by atoms with E-state index in [0.717, 1.165) is 18.5 Å². The number of aromatic nitrogens is 1. The average Bonchev–Trinajstić information content (AvgIpc) is 2.40. The fourth-order valence-corrected chi connectivity index (χ4v) is 2.76. The molecule has 0 aliphatic rings. The summed E-state index contributed by atoms with van der Waals surface area (Å²) in [5, 5.41) is 2.97. The van der Waals surface area contributed by atoms with Gasteiger partial charge in [-0.15, -0.1) is 0 Å². The predicted octanol–water partition coefficient (Wildman–Crippen LogP) is 2.62. The van der Waals surface area contributed by atoms with Crippen LogP contribution >= 0.6 is 11.8 Å². The number of thioether (sulfide) groups is 1. The lowest BCUT2D eigenvalue weighted by Crippen LogP contribution is -2.39. The molecule has 0 saturated heterocycles. The first-order valence-corrected chi connectivity index (χ1v) is 7.76. The van der Waals surface area contributed by atoms with Crippen LogP contribution in [0.5, 0.6) is 0 Å². The van der Waals surface area contributed by atoms with E-state index in [4.69, 9.17) is 5.73 Å². The van der Waals surface area contributed by atoms with Crippen LogP contribution < -0.4 is 11.1 Å². The van der Waals surface area contributed by atoms with Gasteiger partial charge in [0.05, 0.1) is 5.56 Å². The van der Waals surface area contributed by atoms with Gasteiger partial charge in [-0.25, -0.2) is 0 Å². The van der Waals surface area contributed by atoms with Gasteiger partial charge in [0.15, 0.2) is 0 Å². The van der Waals surface area contributed by atoms with Gasteiger partial charge < -0.3 is 11.1 Å². The number of hydrogen-bond acceptors (Lipinski definition) is 4. The minimum atomic E-state index is -0.148. The lowest BCUT2D eigenvalue weighted by atomic mass is 10.0. The Morgan fingerprint density at radius 1 is 1.47 bits per heavy atom. The van der Waals surface area contributed by atoms with Crippen molar-refractivity contribution < 1.29 is 4.79 Å². The van der Waals surface area contributed by atoms with E-state index in [9.17, 15) is 4.79 Å². The molecule has 1 rings (SSSR count). The van der Waals surface area contributed by atoms with Crippen molar-refractivity contribution in [3.8, 4) is 0 Å². The van der Waals surface area contributed by atoms with Crippen LogP contribution in [-0.2, 0) is 0 Å². The summed E-state index contributed by atoms with van der Waals surface area (Å²) in [6, 6.07) is 1.72. The molecule has 1 aromatic heterocycles. The molecule has 1 amide bonds. The summed E-state index contributed by atoms with van der Waals surface area (Å²) in [7, 11) is 0. The molecule has 0 saturated carbocycles. The Morgan fingerprint density at radius 2 is 2.11 bits per heavy atom. The van der Waals surface area contributed by atoms with Crippen LogP contribution in [0.25, 0.3) is 0 Å². The molecule has 0 aliphatic heterocycles. The summed E-state index contributed by atoms with van der Waals surface area (Å²) in [5.41, 5.74) is 7.60. The SMILES string of the molecule is CCC(CC)(CNC(=O)c1cnc(C)cc1N)SC. The maximum absolute atomic E-state index is 12.1. The van der Waals surface area contributed by atoms with Gasteiger partial charge in [-0.1, -0.05) is 13.8 Å². The fourth-order valence-electron chi connectivity index (χ4n) is 1.97. The Hall–Kier alpha value is -1.23. The summed E-state index contributed by atoms with van der Waals surface area (Å²) in [6.07, 6.45) is 5.67. The predicted molar refractivity (Wildman–Crippen MR) is 82.5 cm³/mol. The van der Waals surface area contributed by atoms with E-state index in [1.165, 1.54) is 0 Å². The number of nitrogens with two attached hydrogens (primary N) is 1. The number of nitrogens with one attached hydrogen (secondary N) is 1. The van der Waals surface area contributed by atoms with Crippen molar-refractivity contribution in [3.05, 3.63) is 23.5 Å². The van der Waals surface area contributed by atoms with Crippen LogP contribution in [0.3, 0.4) is 0 Å². The summed E-state index contributed by atoms with van der Waals surface area (Å²) in [4.78, 5) is 16.3. The molecule has 0 unspecified atom stereocenters. The molecular formula is C14H23N3OS. The van der Waals surface area contributed by atoms with E-state index >= 15 is 0 Å². The third-order valence-electron chi connectivity index (χ3n) is 3.61. The van der Waals surface area contributed by atoms with Crippen molar-refractivity contribution in [2.45, 2.75) is 38.4 Å². The molecule has 0 aliphatic carbocycles. The summed E-state index contributed by atoms with van der Waals surface area (Å²) in [5.74, 6) is -0.148. The van der Waals surface area contributed by atoms with E-state index < -0.39 is 0 Å². The number of anilines is 1. The molecule has 0 atom stereocenters. The fraction of sp³-hybridized carbons (Fsp3) is 0.571. The zero-order valence-electron chi connectivity index (χ0n) is 12.1. The number of nitrogens with zero attached hydrogens (tertiary/aromatic N) is 1.